The molecule has 154 valence electrons. The van der Waals surface area contributed by atoms with Gasteiger partial charge in [0.05, 0.1) is 12.1 Å². The topological polar surface area (TPSA) is 49.8 Å². The van der Waals surface area contributed by atoms with E-state index in [0.29, 0.717) is 12.6 Å². The van der Waals surface area contributed by atoms with Crippen molar-refractivity contribution in [3.63, 3.8) is 0 Å². The number of aliphatic hydroxyl groups excluding tert-OH is 1. The van der Waals surface area contributed by atoms with E-state index < -0.39 is 0 Å². The van der Waals surface area contributed by atoms with Crippen molar-refractivity contribution in [1.29, 1.82) is 0 Å². The Morgan fingerprint density at radius 1 is 1.18 bits per heavy atom. The summed E-state index contributed by atoms with van der Waals surface area (Å²) in [5.41, 5.74) is 2.92. The Kier molecular flexibility index (Phi) is 11.1. The lowest BCUT2D eigenvalue weighted by Crippen LogP contribution is -2.33. The van der Waals surface area contributed by atoms with Gasteiger partial charge in [-0.15, -0.1) is 0 Å². The molecule has 5 heteroatoms. The van der Waals surface area contributed by atoms with Gasteiger partial charge in [-0.05, 0) is 61.4 Å². The van der Waals surface area contributed by atoms with Crippen LogP contribution >= 0.6 is 0 Å². The van der Waals surface area contributed by atoms with Crippen molar-refractivity contribution in [2.45, 2.75) is 44.8 Å². The summed E-state index contributed by atoms with van der Waals surface area (Å²) in [7, 11) is 1.00. The molecule has 0 spiro atoms. The highest BCUT2D eigenvalue weighted by Gasteiger charge is 2.27. The summed E-state index contributed by atoms with van der Waals surface area (Å²) in [6.07, 6.45) is 9.58. The number of amides is 1. The van der Waals surface area contributed by atoms with E-state index in [1.807, 2.05) is 0 Å². The van der Waals surface area contributed by atoms with Crippen LogP contribution in [0.2, 0.25) is 0 Å². The van der Waals surface area contributed by atoms with Crippen molar-refractivity contribution in [1.82, 2.24) is 4.90 Å². The molecule has 2 aliphatic heterocycles. The van der Waals surface area contributed by atoms with E-state index in [0.717, 1.165) is 43.3 Å². The molecule has 3 rings (SSSR count). The van der Waals surface area contributed by atoms with Crippen molar-refractivity contribution >= 4 is 6.41 Å². The third kappa shape index (κ3) is 6.73. The van der Waals surface area contributed by atoms with Gasteiger partial charge in [-0.3, -0.25) is 4.79 Å². The lowest BCUT2D eigenvalue weighted by atomic mass is 9.88. The van der Waals surface area contributed by atoms with Crippen molar-refractivity contribution in [3.05, 3.63) is 72.1 Å². The number of rotatable bonds is 4. The fraction of sp³-hybridized carbons (Fsp3) is 0.435. The Morgan fingerprint density at radius 2 is 1.86 bits per heavy atom. The van der Waals surface area contributed by atoms with Gasteiger partial charge in [-0.25, -0.2) is 4.39 Å². The Morgan fingerprint density at radius 3 is 2.29 bits per heavy atom. The first kappa shape index (κ1) is 23.8. The summed E-state index contributed by atoms with van der Waals surface area (Å²) in [6, 6.07) is 6.00. The second-order valence-corrected chi connectivity index (χ2v) is 6.61. The Hall–Kier alpha value is -2.24. The van der Waals surface area contributed by atoms with Gasteiger partial charge < -0.3 is 14.7 Å². The third-order valence-corrected chi connectivity index (χ3v) is 4.83. The fourth-order valence-electron chi connectivity index (χ4n) is 3.37. The van der Waals surface area contributed by atoms with E-state index in [1.54, 1.807) is 29.2 Å². The number of carbonyl (C=O) groups is 1. The Bertz CT molecular complexity index is 648. The lowest BCUT2D eigenvalue weighted by Gasteiger charge is -2.35. The molecule has 0 bridgehead atoms. The average Bonchev–Trinajstić information content (AvgIpc) is 2.75. The minimum absolute atomic E-state index is 0.211. The smallest absolute Gasteiger partial charge is 0.210 e. The molecule has 1 saturated heterocycles. The second kappa shape index (κ2) is 13.0. The van der Waals surface area contributed by atoms with E-state index in [2.05, 4.69) is 20.1 Å². The minimum atomic E-state index is -0.287. The number of allylic oxidation sites excluding steroid dienone is 1. The summed E-state index contributed by atoms with van der Waals surface area (Å²) in [5.74, 6) is -0.287. The molecular weight excluding hydrogens is 357 g/mol. The second-order valence-electron chi connectivity index (χ2n) is 6.61. The molecule has 2 aliphatic rings. The molecule has 2 atom stereocenters. The number of nitrogens with zero attached hydrogens (tertiary/aromatic N) is 1. The van der Waals surface area contributed by atoms with Crippen LogP contribution in [0.4, 0.5) is 4.39 Å². The maximum atomic E-state index is 13.0. The predicted octanol–water partition coefficient (Wildman–Crippen LogP) is 4.58. The number of ether oxygens (including phenoxy) is 1. The molecule has 0 saturated carbocycles. The summed E-state index contributed by atoms with van der Waals surface area (Å²) in [4.78, 5) is 12.9. The predicted molar refractivity (Wildman–Crippen MR) is 111 cm³/mol. The van der Waals surface area contributed by atoms with Crippen LogP contribution in [-0.2, 0) is 9.53 Å². The molecule has 4 nitrogen and oxygen atoms in total. The Balaban J connectivity index is 0.000000363. The Labute approximate surface area is 168 Å². The first-order valence-electron chi connectivity index (χ1n) is 9.61. The zero-order valence-corrected chi connectivity index (χ0v) is 16.9. The quantitative estimate of drug-likeness (QED) is 0.767. The number of carbonyl (C=O) groups excluding carboxylic acids is 1. The zero-order valence-electron chi connectivity index (χ0n) is 16.9. The van der Waals surface area contributed by atoms with Gasteiger partial charge in [0.25, 0.3) is 0 Å². The van der Waals surface area contributed by atoms with E-state index in [1.165, 1.54) is 31.4 Å². The molecule has 0 aliphatic carbocycles. The summed E-state index contributed by atoms with van der Waals surface area (Å²) in [6.45, 7) is 11.4. The van der Waals surface area contributed by atoms with Crippen molar-refractivity contribution in [2.24, 2.45) is 0 Å². The first-order valence-corrected chi connectivity index (χ1v) is 9.61. The van der Waals surface area contributed by atoms with Crippen LogP contribution in [-0.4, -0.2) is 42.8 Å². The molecule has 1 fully saturated rings. The lowest BCUT2D eigenvalue weighted by molar-refractivity contribution is -0.119. The van der Waals surface area contributed by atoms with Crippen LogP contribution in [0.3, 0.4) is 0 Å². The third-order valence-electron chi connectivity index (χ3n) is 4.83. The van der Waals surface area contributed by atoms with Gasteiger partial charge in [-0.1, -0.05) is 37.4 Å². The number of hydrogen-bond donors (Lipinski definition) is 1. The van der Waals surface area contributed by atoms with Crippen LogP contribution in [0.25, 0.3) is 0 Å². The summed E-state index contributed by atoms with van der Waals surface area (Å²) in [5, 5.41) is 7.00. The zero-order chi connectivity index (χ0) is 20.9. The maximum absolute atomic E-state index is 13.0. The highest BCUT2D eigenvalue weighted by Crippen LogP contribution is 2.35. The normalized spacial score (nSPS) is 21.5. The molecule has 28 heavy (non-hydrogen) atoms. The van der Waals surface area contributed by atoms with E-state index in [4.69, 9.17) is 9.84 Å². The molecule has 1 aromatic rings. The molecule has 2 heterocycles. The maximum Gasteiger partial charge on any atom is 0.210 e. The summed E-state index contributed by atoms with van der Waals surface area (Å²) >= 11 is 0. The van der Waals surface area contributed by atoms with Gasteiger partial charge in [0.15, 0.2) is 0 Å². The molecule has 0 unspecified atom stereocenters. The van der Waals surface area contributed by atoms with Gasteiger partial charge in [0, 0.05) is 20.3 Å². The van der Waals surface area contributed by atoms with Crippen molar-refractivity contribution in [2.75, 3.05) is 20.3 Å². The van der Waals surface area contributed by atoms with Gasteiger partial charge >= 0.3 is 0 Å². The first-order chi connectivity index (χ1) is 13.6. The van der Waals surface area contributed by atoms with Gasteiger partial charge in [-0.2, -0.15) is 0 Å². The van der Waals surface area contributed by atoms with Crippen molar-refractivity contribution in [3.8, 4) is 0 Å². The van der Waals surface area contributed by atoms with E-state index in [9.17, 15) is 9.18 Å². The summed E-state index contributed by atoms with van der Waals surface area (Å²) < 4.78 is 18.3. The highest BCUT2D eigenvalue weighted by atomic mass is 19.1. The number of halogens is 1. The molecule has 1 amide bonds. The van der Waals surface area contributed by atoms with Crippen LogP contribution < -0.4 is 0 Å². The largest absolute Gasteiger partial charge is 0.400 e. The fourth-order valence-corrected chi connectivity index (χ4v) is 3.37. The van der Waals surface area contributed by atoms with Crippen LogP contribution in [0.1, 0.15) is 44.2 Å². The van der Waals surface area contributed by atoms with Gasteiger partial charge in [0.2, 0.25) is 6.41 Å². The van der Waals surface area contributed by atoms with Gasteiger partial charge in [0.1, 0.15) is 5.82 Å². The molecule has 1 N–H and O–H groups in total. The van der Waals surface area contributed by atoms with Crippen LogP contribution in [0.5, 0.6) is 0 Å². The monoisotopic (exact) mass is 389 g/mol. The van der Waals surface area contributed by atoms with E-state index >= 15 is 0 Å². The highest BCUT2D eigenvalue weighted by molar-refractivity contribution is 5.55. The molecule has 1 aromatic carbocycles. The van der Waals surface area contributed by atoms with E-state index in [-0.39, 0.29) is 11.9 Å². The number of aliphatic hydroxyl groups is 1. The molecule has 0 aromatic heterocycles. The minimum Gasteiger partial charge on any atom is -0.400 e. The molecule has 0 radical (unpaired) electrons. The van der Waals surface area contributed by atoms with Crippen LogP contribution in [0.15, 0.2) is 60.7 Å². The standard InChI is InChI=1S/C16H16FNO.C6H12O.CH4O/c1-3-12-9-10-18(11-19)16(15(12)4-2)13-5-7-14(17)8-6-13;1-6-4-2-3-5-7-6;1-2/h3-8,11,16H,1-2,9-10H2;6H,2-5H2,1H3;2H,1H3/t16-;6-;/m00./s1. The number of benzene rings is 1. The average molecular weight is 390 g/mol. The number of hydrogen-bond acceptors (Lipinski definition) is 3. The molecular formula is C23H32FNO3. The SMILES string of the molecule is C=CC1=C(C=C)[C@H](c2ccc(F)cc2)N(C=O)CC1.CO.C[C@H]1CCCCO1. The van der Waals surface area contributed by atoms with Crippen LogP contribution in [0, 0.1) is 5.82 Å². The van der Waals surface area contributed by atoms with Crippen molar-refractivity contribution < 1.29 is 19.0 Å².